The summed E-state index contributed by atoms with van der Waals surface area (Å²) in [5.74, 6) is 0.0309. The van der Waals surface area contributed by atoms with Crippen LogP contribution < -0.4 is 11.1 Å². The van der Waals surface area contributed by atoms with Crippen LogP contribution in [0, 0.1) is 0 Å². The van der Waals surface area contributed by atoms with Gasteiger partial charge >= 0.3 is 0 Å². The molecule has 5 aromatic heterocycles. The van der Waals surface area contributed by atoms with E-state index < -0.39 is 36.3 Å². The van der Waals surface area contributed by atoms with Crippen molar-refractivity contribution in [2.75, 3.05) is 11.9 Å². The highest BCUT2D eigenvalue weighted by Gasteiger charge is 2.46. The van der Waals surface area contributed by atoms with Gasteiger partial charge in [-0.05, 0) is 0 Å². The lowest BCUT2D eigenvalue weighted by molar-refractivity contribution is -0.0519. The molecule has 1 fully saturated rings. The number of hydrogen-bond donors (Lipinski definition) is 8. The number of aliphatic hydroxyl groups excluding tert-OH is 3. The van der Waals surface area contributed by atoms with Crippen LogP contribution in [0.25, 0.3) is 22.3 Å². The molecule has 0 saturated carbocycles. The fraction of sp³-hybridized carbons (Fsp3) is 0.300. The summed E-state index contributed by atoms with van der Waals surface area (Å²) in [7, 11) is 0. The second-order valence-electron chi connectivity index (χ2n) is 8.32. The predicted molar refractivity (Wildman–Crippen MR) is 144 cm³/mol. The number of aliphatic imine (C=N–C) groups is 1. The summed E-state index contributed by atoms with van der Waals surface area (Å²) < 4.78 is 6.69. The van der Waals surface area contributed by atoms with Crippen molar-refractivity contribution in [3.8, 4) is 0 Å². The van der Waals surface area contributed by atoms with E-state index in [0.29, 0.717) is 32.6 Å². The van der Waals surface area contributed by atoms with Gasteiger partial charge in [-0.1, -0.05) is 34.8 Å². The van der Waals surface area contributed by atoms with E-state index in [1.165, 1.54) is 36.2 Å². The van der Waals surface area contributed by atoms with E-state index in [4.69, 9.17) is 50.4 Å². The largest absolute Gasteiger partial charge is 0.394 e. The summed E-state index contributed by atoms with van der Waals surface area (Å²) in [5.41, 5.74) is 8.07. The van der Waals surface area contributed by atoms with Crippen LogP contribution in [-0.4, -0.2) is 101 Å². The van der Waals surface area contributed by atoms with Crippen molar-refractivity contribution >= 4 is 68.9 Å². The molecule has 41 heavy (non-hydrogen) atoms. The molecule has 1 saturated heterocycles. The van der Waals surface area contributed by atoms with Gasteiger partial charge in [0.15, 0.2) is 39.5 Å². The second-order valence-corrected chi connectivity index (χ2v) is 9.56. The van der Waals surface area contributed by atoms with Crippen molar-refractivity contribution in [3.63, 3.8) is 0 Å². The first-order valence-corrected chi connectivity index (χ1v) is 12.6. The number of fused-ring (bicyclic) bond motifs is 3. The van der Waals surface area contributed by atoms with Crippen LogP contribution in [0.3, 0.4) is 0 Å². The first-order valence-electron chi connectivity index (χ1n) is 11.4. The first-order chi connectivity index (χ1) is 19.6. The average molecular weight is 629 g/mol. The third kappa shape index (κ3) is 5.72. The molecule has 0 bridgehead atoms. The van der Waals surface area contributed by atoms with Gasteiger partial charge < -0.3 is 46.2 Å². The Balaban J connectivity index is 0.000000139. The summed E-state index contributed by atoms with van der Waals surface area (Å²) >= 11 is 17.2. The van der Waals surface area contributed by atoms with Crippen LogP contribution in [0.4, 0.5) is 5.82 Å². The monoisotopic (exact) mass is 627 g/mol. The van der Waals surface area contributed by atoms with Gasteiger partial charge in [0.05, 0.1) is 25.6 Å². The molecule has 0 spiro atoms. The van der Waals surface area contributed by atoms with E-state index in [2.05, 4.69) is 55.2 Å². The Hall–Kier alpha value is -3.75. The maximum absolute atomic E-state index is 10.0. The quantitative estimate of drug-likeness (QED) is 0.0701. The number of aromatic nitrogens is 10. The van der Waals surface area contributed by atoms with Crippen LogP contribution in [0.15, 0.2) is 36.6 Å². The molecule has 0 radical (unpaired) electrons. The van der Waals surface area contributed by atoms with Crippen molar-refractivity contribution in [1.29, 1.82) is 0 Å². The molecule has 216 valence electrons. The normalized spacial score (nSPS) is 25.0. The zero-order valence-corrected chi connectivity index (χ0v) is 22.6. The summed E-state index contributed by atoms with van der Waals surface area (Å²) in [4.78, 5) is 36.2. The molecule has 5 atom stereocenters. The van der Waals surface area contributed by atoms with Gasteiger partial charge in [-0.15, -0.1) is 0 Å². The Morgan fingerprint density at radius 3 is 2.02 bits per heavy atom. The molecule has 5 aromatic rings. The number of alkyl halides is 1. The lowest BCUT2D eigenvalue weighted by Gasteiger charge is -2.25. The van der Waals surface area contributed by atoms with Crippen molar-refractivity contribution < 1.29 is 25.2 Å². The van der Waals surface area contributed by atoms with Crippen molar-refractivity contribution in [3.05, 3.63) is 47.6 Å². The van der Waals surface area contributed by atoms with Gasteiger partial charge in [0, 0.05) is 0 Å². The van der Waals surface area contributed by atoms with Gasteiger partial charge in [0.25, 0.3) is 5.18 Å². The number of nitrogens with two attached hydrogens (primary N) is 1. The molecule has 18 nitrogen and oxygen atoms in total. The second kappa shape index (κ2) is 11.6. The zero-order valence-electron chi connectivity index (χ0n) is 20.3. The number of H-pyrrole nitrogens is 2. The van der Waals surface area contributed by atoms with Gasteiger partial charge in [-0.2, -0.15) is 4.99 Å². The number of anilines is 1. The molecular formula is C20H20Cl3N13O5. The number of nitrogens with zero attached hydrogens (tertiary/aromatic N) is 9. The van der Waals surface area contributed by atoms with E-state index in [1.807, 2.05) is 0 Å². The lowest BCUT2D eigenvalue weighted by Crippen LogP contribution is -2.36. The van der Waals surface area contributed by atoms with Gasteiger partial charge in [0.1, 0.15) is 47.8 Å². The van der Waals surface area contributed by atoms with Crippen molar-refractivity contribution in [2.45, 2.75) is 29.7 Å². The number of ether oxygens (including phenoxy) is 1. The number of hydrogen-bond acceptors (Lipinski definition) is 15. The maximum Gasteiger partial charge on any atom is 0.285 e. The van der Waals surface area contributed by atoms with Crippen LogP contribution in [-0.2, 0) is 9.92 Å². The Labute approximate surface area is 243 Å². The molecule has 7 rings (SSSR count). The van der Waals surface area contributed by atoms with E-state index >= 15 is 0 Å². The number of aromatic amines is 2. The van der Waals surface area contributed by atoms with Crippen LogP contribution in [0.1, 0.15) is 11.9 Å². The molecule has 0 amide bonds. The fourth-order valence-corrected chi connectivity index (χ4v) is 4.45. The molecule has 1 unspecified atom stereocenters. The van der Waals surface area contributed by atoms with E-state index in [0.717, 1.165) is 0 Å². The molecule has 0 aromatic carbocycles. The van der Waals surface area contributed by atoms with E-state index in [9.17, 15) is 15.3 Å². The van der Waals surface area contributed by atoms with Gasteiger partial charge in [0.2, 0.25) is 0 Å². The third-order valence-electron chi connectivity index (χ3n) is 5.75. The molecular weight excluding hydrogens is 609 g/mol. The highest BCUT2D eigenvalue weighted by atomic mass is 35.5. The van der Waals surface area contributed by atoms with E-state index in [-0.39, 0.29) is 17.5 Å². The summed E-state index contributed by atoms with van der Waals surface area (Å²) in [5, 5.41) is 40.2. The molecule has 2 aliphatic heterocycles. The number of nitrogens with one attached hydrogen (secondary N) is 3. The van der Waals surface area contributed by atoms with Gasteiger partial charge in [-0.3, -0.25) is 4.57 Å². The smallest absolute Gasteiger partial charge is 0.285 e. The predicted octanol–water partition coefficient (Wildman–Crippen LogP) is -0.411. The van der Waals surface area contributed by atoms with Crippen molar-refractivity contribution in [2.24, 2.45) is 10.7 Å². The standard InChI is InChI=1S/C10H14ClN5O5.2C5H3ClN4/c11-10(20)6-7(14-9(12)15-10)16(2-13-6)8-5(19)4(18)3(1-17)21-8;2*6-4-3-5(9-1-7-3)10-2-8-4/h2-5,8,17-20H,1H2,(H3,12,14,15);2*1-2H,(H,7,8,9,10)/t3-,4-,5-,8-,10?;;/m1../s1. The minimum Gasteiger partial charge on any atom is -0.394 e. The maximum atomic E-state index is 10.0. The van der Waals surface area contributed by atoms with Gasteiger partial charge in [-0.25, -0.2) is 34.9 Å². The minimum atomic E-state index is -2.13. The molecule has 2 aliphatic rings. The van der Waals surface area contributed by atoms with Crippen LogP contribution in [0.2, 0.25) is 10.3 Å². The molecule has 21 heteroatoms. The summed E-state index contributed by atoms with van der Waals surface area (Å²) in [6.45, 7) is -0.456. The van der Waals surface area contributed by atoms with E-state index in [1.54, 1.807) is 0 Å². The highest BCUT2D eigenvalue weighted by molar-refractivity contribution is 6.33. The average Bonchev–Trinajstić information content (AvgIpc) is 3.73. The Morgan fingerprint density at radius 2 is 1.51 bits per heavy atom. The third-order valence-corrected chi connectivity index (χ3v) is 6.59. The number of halogens is 3. The molecule has 9 N–H and O–H groups in total. The minimum absolute atomic E-state index is 0.0175. The van der Waals surface area contributed by atoms with Crippen LogP contribution in [0.5, 0.6) is 0 Å². The lowest BCUT2D eigenvalue weighted by atomic mass is 10.1. The topological polar surface area (TPSA) is 267 Å². The summed E-state index contributed by atoms with van der Waals surface area (Å²) in [6.07, 6.45) is 2.55. The molecule has 7 heterocycles. The fourth-order valence-electron chi connectivity index (χ4n) is 3.85. The summed E-state index contributed by atoms with van der Waals surface area (Å²) in [6, 6.07) is 0. The highest BCUT2D eigenvalue weighted by Crippen LogP contribution is 2.39. The Morgan fingerprint density at radius 1 is 0.927 bits per heavy atom. The van der Waals surface area contributed by atoms with Crippen molar-refractivity contribution in [1.82, 2.24) is 49.4 Å². The molecule has 0 aliphatic carbocycles. The number of aliphatic hydroxyl groups is 4. The Kier molecular flexibility index (Phi) is 8.16. The SMILES string of the molecule is Clc1ncnc2nc[nH]c12.Clc1ncnc2nc[nH]c12.NC1=NC(O)(Cl)c2ncn([C@@H]3O[C@H](CO)[C@@H](O)[C@H]3O)c2N1. The Bertz CT molecular complexity index is 1620. The number of rotatable bonds is 2. The number of guanidine groups is 1. The zero-order chi connectivity index (χ0) is 29.3. The van der Waals surface area contributed by atoms with Crippen LogP contribution >= 0.6 is 34.8 Å². The first kappa shape index (κ1) is 28.8. The number of imidazole rings is 3.